The van der Waals surface area contributed by atoms with Crippen molar-refractivity contribution in [1.82, 2.24) is 24.6 Å². The number of hydrogen-bond acceptors (Lipinski definition) is 9. The third kappa shape index (κ3) is 6.84. The van der Waals surface area contributed by atoms with Crippen LogP contribution in [-0.4, -0.2) is 55.6 Å². The van der Waals surface area contributed by atoms with E-state index >= 15 is 0 Å². The van der Waals surface area contributed by atoms with Crippen molar-refractivity contribution in [3.63, 3.8) is 0 Å². The second-order valence-corrected chi connectivity index (χ2v) is 10.0. The lowest BCUT2D eigenvalue weighted by Crippen LogP contribution is -2.29. The Balaban J connectivity index is 1.31. The van der Waals surface area contributed by atoms with Crippen LogP contribution in [0.25, 0.3) is 5.65 Å². The standard InChI is InChI=1S/C29H33N9O3/c1-4-25(39)35-24-10-6-9-23(34-24)27(40)32-21-8-5-7-19(15-21)16-30-29-37-28(33-20-11-13-41-14-12-20)36-26-22(18(2)3)17-31-38(26)29/h4-10,15,17-18,20H,1,11-14,16H2,2-3H3,(H,32,40)(H,34,35,39)(H2,30,33,36,37). The van der Waals surface area contributed by atoms with Gasteiger partial charge in [-0.15, -0.1) is 0 Å². The van der Waals surface area contributed by atoms with E-state index < -0.39 is 11.8 Å². The number of carbonyl (C=O) groups excluding carboxylic acids is 2. The second kappa shape index (κ2) is 12.6. The zero-order valence-electron chi connectivity index (χ0n) is 23.1. The molecule has 1 aliphatic heterocycles. The summed E-state index contributed by atoms with van der Waals surface area (Å²) in [5.41, 5.74) is 3.49. The van der Waals surface area contributed by atoms with E-state index in [1.807, 2.05) is 24.4 Å². The molecule has 0 bridgehead atoms. The molecule has 4 heterocycles. The molecule has 5 rings (SSSR count). The van der Waals surface area contributed by atoms with Crippen molar-refractivity contribution in [2.45, 2.75) is 45.2 Å². The molecule has 1 saturated heterocycles. The van der Waals surface area contributed by atoms with Gasteiger partial charge in [0, 0.05) is 37.1 Å². The molecule has 12 nitrogen and oxygen atoms in total. The van der Waals surface area contributed by atoms with E-state index in [4.69, 9.17) is 14.7 Å². The van der Waals surface area contributed by atoms with Crippen LogP contribution < -0.4 is 21.3 Å². The molecule has 1 fully saturated rings. The Morgan fingerprint density at radius 1 is 1.10 bits per heavy atom. The number of anilines is 4. The maximum absolute atomic E-state index is 12.9. The molecule has 0 unspecified atom stereocenters. The van der Waals surface area contributed by atoms with E-state index in [1.165, 1.54) is 0 Å². The number of pyridine rings is 1. The Kier molecular flexibility index (Phi) is 8.49. The molecule has 4 aromatic rings. The van der Waals surface area contributed by atoms with Crippen LogP contribution in [0.3, 0.4) is 0 Å². The number of nitrogens with one attached hydrogen (secondary N) is 4. The number of rotatable bonds is 10. The Hall–Kier alpha value is -4.84. The van der Waals surface area contributed by atoms with Gasteiger partial charge in [0.25, 0.3) is 5.91 Å². The maximum atomic E-state index is 12.9. The molecule has 3 aromatic heterocycles. The van der Waals surface area contributed by atoms with E-state index in [-0.39, 0.29) is 23.5 Å². The van der Waals surface area contributed by atoms with Gasteiger partial charge in [-0.3, -0.25) is 9.59 Å². The lowest BCUT2D eigenvalue weighted by Gasteiger charge is -2.23. The summed E-state index contributed by atoms with van der Waals surface area (Å²) in [7, 11) is 0. The highest BCUT2D eigenvalue weighted by Gasteiger charge is 2.19. The van der Waals surface area contributed by atoms with Crippen molar-refractivity contribution in [3.8, 4) is 0 Å². The van der Waals surface area contributed by atoms with Crippen LogP contribution in [0.1, 0.15) is 54.2 Å². The molecular formula is C29H33N9O3. The molecule has 12 heteroatoms. The summed E-state index contributed by atoms with van der Waals surface area (Å²) < 4.78 is 7.21. The van der Waals surface area contributed by atoms with Crippen molar-refractivity contribution in [3.05, 3.63) is 78.1 Å². The van der Waals surface area contributed by atoms with Crippen molar-refractivity contribution in [1.29, 1.82) is 0 Å². The summed E-state index contributed by atoms with van der Waals surface area (Å²) in [6.45, 7) is 9.51. The minimum Gasteiger partial charge on any atom is -0.381 e. The molecule has 212 valence electrons. The van der Waals surface area contributed by atoms with E-state index in [0.29, 0.717) is 24.1 Å². The Bertz CT molecular complexity index is 1560. The first-order valence-corrected chi connectivity index (χ1v) is 13.5. The average molecular weight is 556 g/mol. The minimum absolute atomic E-state index is 0.169. The fourth-order valence-electron chi connectivity index (χ4n) is 4.45. The molecule has 0 aliphatic carbocycles. The quantitative estimate of drug-likeness (QED) is 0.211. The second-order valence-electron chi connectivity index (χ2n) is 10.0. The number of fused-ring (bicyclic) bond motifs is 1. The number of carbonyl (C=O) groups is 2. The highest BCUT2D eigenvalue weighted by atomic mass is 16.5. The fourth-order valence-corrected chi connectivity index (χ4v) is 4.45. The molecule has 0 spiro atoms. The molecule has 0 atom stereocenters. The third-order valence-electron chi connectivity index (χ3n) is 6.63. The van der Waals surface area contributed by atoms with Gasteiger partial charge in [0.05, 0.1) is 6.20 Å². The van der Waals surface area contributed by atoms with Crippen molar-refractivity contribution >= 4 is 40.9 Å². The predicted molar refractivity (Wildman–Crippen MR) is 157 cm³/mol. The van der Waals surface area contributed by atoms with Gasteiger partial charge < -0.3 is 26.0 Å². The summed E-state index contributed by atoms with van der Waals surface area (Å²) in [5, 5.41) is 16.8. The highest BCUT2D eigenvalue weighted by Crippen LogP contribution is 2.23. The van der Waals surface area contributed by atoms with Gasteiger partial charge in [0.15, 0.2) is 5.65 Å². The van der Waals surface area contributed by atoms with Crippen LogP contribution in [0.5, 0.6) is 0 Å². The van der Waals surface area contributed by atoms with E-state index in [0.717, 1.165) is 48.9 Å². The van der Waals surface area contributed by atoms with Crippen LogP contribution in [0.2, 0.25) is 0 Å². The summed E-state index contributed by atoms with van der Waals surface area (Å²) in [6.07, 6.45) is 4.77. The highest BCUT2D eigenvalue weighted by molar-refractivity contribution is 6.04. The normalized spacial score (nSPS) is 13.6. The van der Waals surface area contributed by atoms with Gasteiger partial charge >= 0.3 is 0 Å². The van der Waals surface area contributed by atoms with Gasteiger partial charge in [-0.25, -0.2) is 4.98 Å². The predicted octanol–water partition coefficient (Wildman–Crippen LogP) is 4.22. The average Bonchev–Trinajstić information content (AvgIpc) is 3.41. The SMILES string of the molecule is C=CC(=O)Nc1cccc(C(=O)Nc2cccc(CNc3nc(NC4CCOCC4)nc4c(C(C)C)cnn34)c2)n1. The molecule has 0 radical (unpaired) electrons. The number of ether oxygens (including phenoxy) is 1. The van der Waals surface area contributed by atoms with Gasteiger partial charge in [-0.2, -0.15) is 19.6 Å². The first kappa shape index (κ1) is 27.7. The van der Waals surface area contributed by atoms with E-state index in [2.05, 4.69) is 51.8 Å². The Morgan fingerprint density at radius 2 is 1.90 bits per heavy atom. The van der Waals surface area contributed by atoms with Gasteiger partial charge in [0.1, 0.15) is 11.5 Å². The monoisotopic (exact) mass is 555 g/mol. The maximum Gasteiger partial charge on any atom is 0.274 e. The minimum atomic E-state index is -0.404. The summed E-state index contributed by atoms with van der Waals surface area (Å²) in [4.78, 5) is 38.2. The van der Waals surface area contributed by atoms with Crippen molar-refractivity contribution in [2.24, 2.45) is 0 Å². The molecular weight excluding hydrogens is 522 g/mol. The van der Waals surface area contributed by atoms with Crippen LogP contribution in [-0.2, 0) is 16.1 Å². The van der Waals surface area contributed by atoms with Crippen LogP contribution >= 0.6 is 0 Å². The largest absolute Gasteiger partial charge is 0.381 e. The molecule has 1 aromatic carbocycles. The fraction of sp³-hybridized carbons (Fsp3) is 0.310. The van der Waals surface area contributed by atoms with Crippen molar-refractivity contribution < 1.29 is 14.3 Å². The number of nitrogens with zero attached hydrogens (tertiary/aromatic N) is 5. The van der Waals surface area contributed by atoms with Crippen molar-refractivity contribution in [2.75, 3.05) is 34.5 Å². The van der Waals surface area contributed by atoms with Gasteiger partial charge in [-0.05, 0) is 54.7 Å². The number of hydrogen-bond donors (Lipinski definition) is 4. The zero-order chi connectivity index (χ0) is 28.8. The van der Waals surface area contributed by atoms with Crippen LogP contribution in [0.4, 0.5) is 23.4 Å². The Morgan fingerprint density at radius 3 is 2.68 bits per heavy atom. The third-order valence-corrected chi connectivity index (χ3v) is 6.63. The topological polar surface area (TPSA) is 147 Å². The lowest BCUT2D eigenvalue weighted by atomic mass is 10.1. The molecule has 4 N–H and O–H groups in total. The summed E-state index contributed by atoms with van der Waals surface area (Å²) in [6, 6.07) is 12.6. The first-order chi connectivity index (χ1) is 19.9. The van der Waals surface area contributed by atoms with E-state index in [1.54, 1.807) is 28.8 Å². The summed E-state index contributed by atoms with van der Waals surface area (Å²) >= 11 is 0. The zero-order valence-corrected chi connectivity index (χ0v) is 23.1. The number of amides is 2. The smallest absolute Gasteiger partial charge is 0.274 e. The lowest BCUT2D eigenvalue weighted by molar-refractivity contribution is -0.111. The molecule has 2 amide bonds. The Labute approximate surface area is 237 Å². The number of benzene rings is 1. The summed E-state index contributed by atoms with van der Waals surface area (Å²) in [5.74, 6) is 0.825. The molecule has 0 saturated carbocycles. The molecule has 1 aliphatic rings. The van der Waals surface area contributed by atoms with Crippen LogP contribution in [0.15, 0.2) is 61.3 Å². The first-order valence-electron chi connectivity index (χ1n) is 13.5. The van der Waals surface area contributed by atoms with E-state index in [9.17, 15) is 9.59 Å². The number of aromatic nitrogens is 5. The van der Waals surface area contributed by atoms with Gasteiger partial charge in [0.2, 0.25) is 17.8 Å². The van der Waals surface area contributed by atoms with Gasteiger partial charge in [-0.1, -0.05) is 38.6 Å². The van der Waals surface area contributed by atoms with Crippen LogP contribution in [0, 0.1) is 0 Å². The molecule has 41 heavy (non-hydrogen) atoms.